The summed E-state index contributed by atoms with van der Waals surface area (Å²) in [4.78, 5) is 10.8. The lowest BCUT2D eigenvalue weighted by atomic mass is 10.1. The summed E-state index contributed by atoms with van der Waals surface area (Å²) in [6.07, 6.45) is 0. The molecule has 0 fully saturated rings. The molecule has 0 aliphatic rings. The van der Waals surface area contributed by atoms with Gasteiger partial charge in [-0.15, -0.1) is 5.10 Å². The minimum atomic E-state index is -1.05. The van der Waals surface area contributed by atoms with Gasteiger partial charge >= 0.3 is 5.97 Å². The van der Waals surface area contributed by atoms with Crippen LogP contribution in [0.1, 0.15) is 31.5 Å². The molecule has 1 aromatic heterocycles. The van der Waals surface area contributed by atoms with E-state index in [9.17, 15) is 4.79 Å². The first kappa shape index (κ1) is 11.5. The Balaban J connectivity index is 2.49. The van der Waals surface area contributed by atoms with Crippen LogP contribution in [-0.4, -0.2) is 26.1 Å². The van der Waals surface area contributed by atoms with Crippen LogP contribution in [0.3, 0.4) is 0 Å². The molecule has 1 aromatic carbocycles. The predicted octanol–water partition coefficient (Wildman–Crippen LogP) is 1.10. The summed E-state index contributed by atoms with van der Waals surface area (Å²) < 4.78 is 1.78. The van der Waals surface area contributed by atoms with E-state index < -0.39 is 12.0 Å². The number of aliphatic carboxylic acids is 1. The third-order valence-corrected chi connectivity index (χ3v) is 2.61. The molecule has 0 aliphatic carbocycles. The molecule has 0 radical (unpaired) electrons. The van der Waals surface area contributed by atoms with Gasteiger partial charge < -0.3 is 10.8 Å². The summed E-state index contributed by atoms with van der Waals surface area (Å²) in [6, 6.07) is 4.35. The predicted molar refractivity (Wildman–Crippen MR) is 62.5 cm³/mol. The zero-order chi connectivity index (χ0) is 12.6. The Hall–Kier alpha value is -1.95. The van der Waals surface area contributed by atoms with Crippen LogP contribution in [0.25, 0.3) is 11.0 Å². The number of benzene rings is 1. The molecule has 0 bridgehead atoms. The van der Waals surface area contributed by atoms with E-state index in [1.54, 1.807) is 22.9 Å². The third-order valence-electron chi connectivity index (χ3n) is 2.61. The van der Waals surface area contributed by atoms with Gasteiger partial charge in [-0.05, 0) is 31.5 Å². The van der Waals surface area contributed by atoms with Crippen molar-refractivity contribution in [1.29, 1.82) is 0 Å². The lowest BCUT2D eigenvalue weighted by molar-refractivity contribution is -0.138. The molecule has 0 spiro atoms. The van der Waals surface area contributed by atoms with E-state index >= 15 is 0 Å². The lowest BCUT2D eigenvalue weighted by Gasteiger charge is -2.08. The fourth-order valence-corrected chi connectivity index (χ4v) is 1.68. The summed E-state index contributed by atoms with van der Waals surface area (Å²) >= 11 is 0. The number of hydrogen-bond acceptors (Lipinski definition) is 4. The maximum absolute atomic E-state index is 10.8. The fourth-order valence-electron chi connectivity index (χ4n) is 1.68. The van der Waals surface area contributed by atoms with Crippen LogP contribution in [0.4, 0.5) is 0 Å². The molecule has 0 aliphatic heterocycles. The minimum absolute atomic E-state index is 0.207. The number of carboxylic acid groups (broad SMARTS) is 1. The molecular formula is C11H14N4O2. The van der Waals surface area contributed by atoms with Crippen molar-refractivity contribution in [3.63, 3.8) is 0 Å². The van der Waals surface area contributed by atoms with Gasteiger partial charge in [-0.2, -0.15) is 0 Å². The zero-order valence-electron chi connectivity index (χ0n) is 9.66. The highest BCUT2D eigenvalue weighted by atomic mass is 16.4. The highest BCUT2D eigenvalue weighted by Crippen LogP contribution is 2.19. The number of hydrogen-bond donors (Lipinski definition) is 2. The van der Waals surface area contributed by atoms with Gasteiger partial charge in [-0.1, -0.05) is 11.3 Å². The maximum Gasteiger partial charge on any atom is 0.325 e. The zero-order valence-corrected chi connectivity index (χ0v) is 9.66. The minimum Gasteiger partial charge on any atom is -0.480 e. The molecule has 2 rings (SSSR count). The van der Waals surface area contributed by atoms with Crippen LogP contribution >= 0.6 is 0 Å². The van der Waals surface area contributed by atoms with Crippen molar-refractivity contribution in [3.05, 3.63) is 23.8 Å². The molecule has 0 amide bonds. The molecule has 2 aromatic rings. The van der Waals surface area contributed by atoms with Gasteiger partial charge in [0, 0.05) is 6.04 Å². The Morgan fingerprint density at radius 2 is 2.18 bits per heavy atom. The summed E-state index contributed by atoms with van der Waals surface area (Å²) in [5.74, 6) is -1.05. The second-order valence-corrected chi connectivity index (χ2v) is 4.19. The molecule has 1 atom stereocenters. The van der Waals surface area contributed by atoms with Gasteiger partial charge in [-0.25, -0.2) is 4.68 Å². The van der Waals surface area contributed by atoms with Crippen LogP contribution in [0, 0.1) is 0 Å². The van der Waals surface area contributed by atoms with Crippen molar-refractivity contribution in [2.75, 3.05) is 0 Å². The second-order valence-electron chi connectivity index (χ2n) is 4.19. The van der Waals surface area contributed by atoms with Crippen molar-refractivity contribution >= 4 is 17.0 Å². The van der Waals surface area contributed by atoms with Gasteiger partial charge in [0.25, 0.3) is 0 Å². The quantitative estimate of drug-likeness (QED) is 0.829. The number of nitrogens with two attached hydrogens (primary N) is 1. The molecule has 1 unspecified atom stereocenters. The van der Waals surface area contributed by atoms with Crippen LogP contribution in [0.5, 0.6) is 0 Å². The molecular weight excluding hydrogens is 220 g/mol. The van der Waals surface area contributed by atoms with Crippen molar-refractivity contribution < 1.29 is 9.90 Å². The van der Waals surface area contributed by atoms with Crippen LogP contribution in [-0.2, 0) is 4.79 Å². The van der Waals surface area contributed by atoms with Gasteiger partial charge in [0.1, 0.15) is 11.6 Å². The fraction of sp³-hybridized carbons (Fsp3) is 0.364. The number of rotatable bonds is 3. The van der Waals surface area contributed by atoms with Crippen LogP contribution in [0.15, 0.2) is 18.2 Å². The standard InChI is InChI=1S/C11H14N4O2/c1-6(2)15-9-4-3-7(10(12)11(16)17)5-8(9)13-14-15/h3-6,10H,12H2,1-2H3,(H,16,17). The molecule has 17 heavy (non-hydrogen) atoms. The Bertz CT molecular complexity index is 562. The van der Waals surface area contributed by atoms with E-state index in [4.69, 9.17) is 10.8 Å². The number of nitrogens with zero attached hydrogens (tertiary/aromatic N) is 3. The van der Waals surface area contributed by atoms with E-state index in [1.807, 2.05) is 13.8 Å². The monoisotopic (exact) mass is 234 g/mol. The highest BCUT2D eigenvalue weighted by molar-refractivity contribution is 5.80. The molecule has 6 heteroatoms. The van der Waals surface area contributed by atoms with E-state index in [1.165, 1.54) is 0 Å². The maximum atomic E-state index is 10.8. The molecule has 3 N–H and O–H groups in total. The van der Waals surface area contributed by atoms with E-state index in [2.05, 4.69) is 10.3 Å². The third kappa shape index (κ3) is 1.99. The van der Waals surface area contributed by atoms with Gasteiger partial charge in [0.15, 0.2) is 0 Å². The van der Waals surface area contributed by atoms with Crippen LogP contribution < -0.4 is 5.73 Å². The first-order valence-electron chi connectivity index (χ1n) is 5.34. The average Bonchev–Trinajstić information content (AvgIpc) is 2.70. The first-order chi connectivity index (χ1) is 8.00. The molecule has 90 valence electrons. The van der Waals surface area contributed by atoms with E-state index in [0.717, 1.165) is 5.52 Å². The van der Waals surface area contributed by atoms with E-state index in [-0.39, 0.29) is 6.04 Å². The summed E-state index contributed by atoms with van der Waals surface area (Å²) in [6.45, 7) is 4.01. The SMILES string of the molecule is CC(C)n1nnc2cc(C(N)C(=O)O)ccc21. The Labute approximate surface area is 98.0 Å². The summed E-state index contributed by atoms with van der Waals surface area (Å²) in [5.41, 5.74) is 7.61. The smallest absolute Gasteiger partial charge is 0.325 e. The second kappa shape index (κ2) is 4.14. The first-order valence-corrected chi connectivity index (χ1v) is 5.34. The van der Waals surface area contributed by atoms with Crippen molar-refractivity contribution in [2.45, 2.75) is 25.9 Å². The molecule has 0 saturated carbocycles. The number of carboxylic acids is 1. The van der Waals surface area contributed by atoms with Crippen molar-refractivity contribution in [3.8, 4) is 0 Å². The Morgan fingerprint density at radius 3 is 2.76 bits per heavy atom. The molecule has 1 heterocycles. The van der Waals surface area contributed by atoms with Gasteiger partial charge in [0.05, 0.1) is 5.52 Å². The summed E-state index contributed by atoms with van der Waals surface area (Å²) in [5, 5.41) is 16.9. The van der Waals surface area contributed by atoms with Crippen LogP contribution in [0.2, 0.25) is 0 Å². The molecule has 0 saturated heterocycles. The summed E-state index contributed by atoms with van der Waals surface area (Å²) in [7, 11) is 0. The highest BCUT2D eigenvalue weighted by Gasteiger charge is 2.16. The lowest BCUT2D eigenvalue weighted by Crippen LogP contribution is -2.20. The number of fused-ring (bicyclic) bond motifs is 1. The Kier molecular flexibility index (Phi) is 2.81. The number of aromatic nitrogens is 3. The van der Waals surface area contributed by atoms with Gasteiger partial charge in [0.2, 0.25) is 0 Å². The largest absolute Gasteiger partial charge is 0.480 e. The average molecular weight is 234 g/mol. The van der Waals surface area contributed by atoms with Crippen molar-refractivity contribution in [2.24, 2.45) is 5.73 Å². The topological polar surface area (TPSA) is 94.0 Å². The van der Waals surface area contributed by atoms with E-state index in [0.29, 0.717) is 11.1 Å². The molecule has 6 nitrogen and oxygen atoms in total. The Morgan fingerprint density at radius 1 is 1.47 bits per heavy atom. The van der Waals surface area contributed by atoms with Crippen molar-refractivity contribution in [1.82, 2.24) is 15.0 Å². The normalized spacial score (nSPS) is 13.2. The van der Waals surface area contributed by atoms with Gasteiger partial charge in [-0.3, -0.25) is 4.79 Å². The number of carbonyl (C=O) groups is 1.